The summed E-state index contributed by atoms with van der Waals surface area (Å²) >= 11 is 0. The summed E-state index contributed by atoms with van der Waals surface area (Å²) in [5.74, 6) is -0.833. The molecule has 0 aromatic rings. The molecule has 0 aromatic heterocycles. The van der Waals surface area contributed by atoms with Crippen molar-refractivity contribution in [3.05, 3.63) is 0 Å². The van der Waals surface area contributed by atoms with Crippen molar-refractivity contribution < 1.29 is 27.0 Å². The van der Waals surface area contributed by atoms with Crippen LogP contribution in [0.2, 0.25) is 0 Å². The Balaban J connectivity index is -0.000000142. The second-order valence-corrected chi connectivity index (χ2v) is 1.85. The summed E-state index contributed by atoms with van der Waals surface area (Å²) in [5, 5.41) is 10.5. The zero-order chi connectivity index (χ0) is 9.11. The molecular formula is C6H17CuN3O2. The fourth-order valence-corrected chi connectivity index (χ4v) is 0.329. The fourth-order valence-electron chi connectivity index (χ4n) is 0.329. The van der Waals surface area contributed by atoms with Crippen LogP contribution in [0.5, 0.6) is 0 Å². The fraction of sp³-hybridized carbons (Fsp3) is 0.833. The van der Waals surface area contributed by atoms with E-state index < -0.39 is 5.97 Å². The number of rotatable bonds is 4. The maximum absolute atomic E-state index is 9.00. The first kappa shape index (κ1) is 17.8. The van der Waals surface area contributed by atoms with Crippen molar-refractivity contribution in [2.24, 2.45) is 11.5 Å². The van der Waals surface area contributed by atoms with Crippen molar-refractivity contribution in [3.63, 3.8) is 0 Å². The first-order valence-corrected chi connectivity index (χ1v) is 3.45. The van der Waals surface area contributed by atoms with E-state index >= 15 is 0 Å². The average Bonchev–Trinajstić information content (AvgIpc) is 1.88. The molecule has 0 heterocycles. The molecule has 5 nitrogen and oxygen atoms in total. The number of aliphatic carboxylic acids is 1. The van der Waals surface area contributed by atoms with Gasteiger partial charge >= 0.3 is 0 Å². The molecule has 0 aliphatic rings. The topological polar surface area (TPSA) is 101 Å². The minimum absolute atomic E-state index is 0. The van der Waals surface area contributed by atoms with E-state index in [9.17, 15) is 0 Å². The SMILES string of the molecule is CC(=O)O.NCCNCCN.[Cu]. The van der Waals surface area contributed by atoms with Gasteiger partial charge in [-0.15, -0.1) is 0 Å². The molecule has 0 saturated carbocycles. The van der Waals surface area contributed by atoms with Crippen LogP contribution in [-0.4, -0.2) is 37.3 Å². The molecule has 79 valence electrons. The van der Waals surface area contributed by atoms with Gasteiger partial charge in [0.15, 0.2) is 0 Å². The molecule has 0 aliphatic heterocycles. The van der Waals surface area contributed by atoms with Crippen molar-refractivity contribution in [2.45, 2.75) is 6.92 Å². The van der Waals surface area contributed by atoms with Gasteiger partial charge in [0, 0.05) is 50.2 Å². The third kappa shape index (κ3) is 51.9. The monoisotopic (exact) mass is 226 g/mol. The normalized spacial score (nSPS) is 7.58. The quantitative estimate of drug-likeness (QED) is 0.348. The van der Waals surface area contributed by atoms with Crippen molar-refractivity contribution in [3.8, 4) is 0 Å². The molecule has 0 spiro atoms. The number of nitrogens with two attached hydrogens (primary N) is 2. The van der Waals surface area contributed by atoms with Gasteiger partial charge in [-0.1, -0.05) is 0 Å². The van der Waals surface area contributed by atoms with E-state index in [1.165, 1.54) is 0 Å². The Bertz CT molecular complexity index is 84.9. The number of nitrogens with one attached hydrogen (secondary N) is 1. The average molecular weight is 227 g/mol. The Hall–Kier alpha value is -0.131. The molecule has 0 amide bonds. The summed E-state index contributed by atoms with van der Waals surface area (Å²) in [6.45, 7) is 4.22. The van der Waals surface area contributed by atoms with Gasteiger partial charge in [0.1, 0.15) is 0 Å². The summed E-state index contributed by atoms with van der Waals surface area (Å²) in [7, 11) is 0. The largest absolute Gasteiger partial charge is 0.481 e. The van der Waals surface area contributed by atoms with Gasteiger partial charge in [-0.2, -0.15) is 0 Å². The first-order valence-electron chi connectivity index (χ1n) is 3.45. The van der Waals surface area contributed by atoms with E-state index in [4.69, 9.17) is 21.4 Å². The van der Waals surface area contributed by atoms with E-state index in [1.807, 2.05) is 0 Å². The molecule has 6 heteroatoms. The van der Waals surface area contributed by atoms with E-state index in [2.05, 4.69) is 5.32 Å². The van der Waals surface area contributed by atoms with Gasteiger partial charge in [-0.3, -0.25) is 4.79 Å². The van der Waals surface area contributed by atoms with Crippen LogP contribution < -0.4 is 16.8 Å². The Morgan fingerprint density at radius 2 is 1.58 bits per heavy atom. The number of hydrogen-bond acceptors (Lipinski definition) is 4. The summed E-state index contributed by atoms with van der Waals surface area (Å²) in [5.41, 5.74) is 10.3. The van der Waals surface area contributed by atoms with Crippen LogP contribution in [0.25, 0.3) is 0 Å². The first-order chi connectivity index (χ1) is 5.15. The number of carboxylic acid groups (broad SMARTS) is 1. The van der Waals surface area contributed by atoms with Gasteiger partial charge in [0.2, 0.25) is 0 Å². The summed E-state index contributed by atoms with van der Waals surface area (Å²) in [6, 6.07) is 0. The van der Waals surface area contributed by atoms with Crippen LogP contribution in [0.1, 0.15) is 6.92 Å². The molecule has 6 N–H and O–H groups in total. The Morgan fingerprint density at radius 3 is 1.75 bits per heavy atom. The van der Waals surface area contributed by atoms with Crippen molar-refractivity contribution in [1.29, 1.82) is 0 Å². The van der Waals surface area contributed by atoms with Crippen molar-refractivity contribution in [1.82, 2.24) is 5.32 Å². The zero-order valence-corrected chi connectivity index (χ0v) is 8.08. The minimum Gasteiger partial charge on any atom is -0.481 e. The minimum atomic E-state index is -0.833. The van der Waals surface area contributed by atoms with E-state index in [0.29, 0.717) is 13.1 Å². The van der Waals surface area contributed by atoms with Crippen molar-refractivity contribution >= 4 is 5.97 Å². The Labute approximate surface area is 83.4 Å². The summed E-state index contributed by atoms with van der Waals surface area (Å²) < 4.78 is 0. The third-order valence-electron chi connectivity index (χ3n) is 0.642. The van der Waals surface area contributed by atoms with Crippen LogP contribution in [-0.2, 0) is 21.9 Å². The van der Waals surface area contributed by atoms with E-state index in [1.54, 1.807) is 0 Å². The van der Waals surface area contributed by atoms with Crippen LogP contribution in [0.15, 0.2) is 0 Å². The summed E-state index contributed by atoms with van der Waals surface area (Å²) in [6.07, 6.45) is 0. The molecule has 0 aliphatic carbocycles. The van der Waals surface area contributed by atoms with E-state index in [0.717, 1.165) is 20.0 Å². The molecule has 0 rings (SSSR count). The molecule has 0 saturated heterocycles. The van der Waals surface area contributed by atoms with E-state index in [-0.39, 0.29) is 17.1 Å². The third-order valence-corrected chi connectivity index (χ3v) is 0.642. The predicted molar refractivity (Wildman–Crippen MR) is 44.3 cm³/mol. The smallest absolute Gasteiger partial charge is 0.300 e. The Kier molecular flexibility index (Phi) is 25.4. The zero-order valence-electron chi connectivity index (χ0n) is 7.14. The van der Waals surface area contributed by atoms with Gasteiger partial charge in [-0.05, 0) is 0 Å². The number of hydrogen-bond donors (Lipinski definition) is 4. The maximum Gasteiger partial charge on any atom is 0.300 e. The Morgan fingerprint density at radius 1 is 1.33 bits per heavy atom. The molecule has 1 radical (unpaired) electrons. The molecule has 0 fully saturated rings. The molecule has 0 bridgehead atoms. The maximum atomic E-state index is 9.00. The van der Waals surface area contributed by atoms with Gasteiger partial charge in [0.05, 0.1) is 0 Å². The molecular weight excluding hydrogens is 210 g/mol. The van der Waals surface area contributed by atoms with Gasteiger partial charge in [0.25, 0.3) is 5.97 Å². The standard InChI is InChI=1S/C4H13N3.C2H4O2.Cu/c5-1-3-7-4-2-6;1-2(3)4;/h7H,1-6H2;1H3,(H,3,4);. The molecule has 0 atom stereocenters. The number of carbonyl (C=O) groups is 1. The molecule has 0 aromatic carbocycles. The second-order valence-electron chi connectivity index (χ2n) is 1.85. The van der Waals surface area contributed by atoms with Crippen LogP contribution in [0.4, 0.5) is 0 Å². The van der Waals surface area contributed by atoms with Crippen LogP contribution in [0.3, 0.4) is 0 Å². The van der Waals surface area contributed by atoms with Gasteiger partial charge in [-0.25, -0.2) is 0 Å². The molecule has 12 heavy (non-hydrogen) atoms. The second kappa shape index (κ2) is 17.1. The predicted octanol–water partition coefficient (Wildman–Crippen LogP) is -1.42. The number of carboxylic acids is 1. The van der Waals surface area contributed by atoms with Crippen LogP contribution >= 0.6 is 0 Å². The molecule has 0 unspecified atom stereocenters. The summed E-state index contributed by atoms with van der Waals surface area (Å²) in [4.78, 5) is 9.00. The van der Waals surface area contributed by atoms with Crippen molar-refractivity contribution in [2.75, 3.05) is 26.2 Å². The van der Waals surface area contributed by atoms with Crippen LogP contribution in [0, 0.1) is 0 Å². The van der Waals surface area contributed by atoms with Gasteiger partial charge < -0.3 is 21.9 Å².